The molecule has 5 N–H and O–H groups in total. The largest absolute Gasteiger partial charge is 0.480 e. The first-order valence-electron chi connectivity index (χ1n) is 5.30. The molecule has 18 heavy (non-hydrogen) atoms. The number of carboxylic acids is 2. The van der Waals surface area contributed by atoms with E-state index >= 15 is 0 Å². The fourth-order valence-electron chi connectivity index (χ4n) is 1.19. The van der Waals surface area contributed by atoms with Gasteiger partial charge in [0.1, 0.15) is 12.1 Å². The maximum Gasteiger partial charge on any atom is 0.321 e. The van der Waals surface area contributed by atoms with Gasteiger partial charge < -0.3 is 21.3 Å². The van der Waals surface area contributed by atoms with Crippen molar-refractivity contribution in [3.63, 3.8) is 0 Å². The maximum atomic E-state index is 11.4. The number of likely N-dealkylation sites (N-methyl/N-ethyl adjacent to an activating group) is 1. The Morgan fingerprint density at radius 3 is 1.94 bits per heavy atom. The summed E-state index contributed by atoms with van der Waals surface area (Å²) in [5, 5.41) is 19.8. The Balaban J connectivity index is 4.42. The molecule has 0 aliphatic rings. The van der Waals surface area contributed by atoms with Gasteiger partial charge in [0.15, 0.2) is 0 Å². The van der Waals surface area contributed by atoms with E-state index in [9.17, 15) is 19.2 Å². The van der Waals surface area contributed by atoms with E-state index in [4.69, 9.17) is 15.9 Å². The summed E-state index contributed by atoms with van der Waals surface area (Å²) in [4.78, 5) is 43.8. The van der Waals surface area contributed by atoms with Crippen LogP contribution in [0, 0.1) is 0 Å². The minimum Gasteiger partial charge on any atom is -0.480 e. The molecule has 0 aromatic rings. The summed E-state index contributed by atoms with van der Waals surface area (Å²) in [5.74, 6) is -4.56. The molecule has 2 unspecified atom stereocenters. The van der Waals surface area contributed by atoms with Crippen LogP contribution < -0.4 is 11.1 Å². The van der Waals surface area contributed by atoms with Crippen molar-refractivity contribution in [2.45, 2.75) is 31.8 Å². The summed E-state index contributed by atoms with van der Waals surface area (Å²) in [7, 11) is 0. The number of hydrogen-bond donors (Lipinski definition) is 4. The zero-order chi connectivity index (χ0) is 14.3. The molecule has 0 aromatic heterocycles. The van der Waals surface area contributed by atoms with Crippen LogP contribution in [0.4, 0.5) is 0 Å². The van der Waals surface area contributed by atoms with E-state index in [-0.39, 0.29) is 0 Å². The van der Waals surface area contributed by atoms with Crippen LogP contribution in [0.2, 0.25) is 0 Å². The van der Waals surface area contributed by atoms with Crippen LogP contribution in [0.25, 0.3) is 0 Å². The first kappa shape index (κ1) is 16.2. The Kier molecular flexibility index (Phi) is 6.76. The number of ketones is 2. The highest BCUT2D eigenvalue weighted by molar-refractivity contribution is 6.38. The van der Waals surface area contributed by atoms with Gasteiger partial charge in [0.05, 0.1) is 0 Å². The van der Waals surface area contributed by atoms with Gasteiger partial charge in [-0.25, -0.2) is 0 Å². The number of carboxylic acid groups (broad SMARTS) is 2. The first-order chi connectivity index (χ1) is 8.29. The molecule has 0 bridgehead atoms. The molecule has 0 saturated heterocycles. The molecule has 0 aromatic carbocycles. The highest BCUT2D eigenvalue weighted by Crippen LogP contribution is 2.00. The summed E-state index contributed by atoms with van der Waals surface area (Å²) in [6, 6.07) is -2.61. The SMILES string of the molecule is CCNC(CC(=O)C(=O)CC(N)C(=O)O)C(=O)O. The zero-order valence-electron chi connectivity index (χ0n) is 9.88. The van der Waals surface area contributed by atoms with E-state index in [0.717, 1.165) is 0 Å². The highest BCUT2D eigenvalue weighted by Gasteiger charge is 2.26. The van der Waals surface area contributed by atoms with Crippen molar-refractivity contribution in [3.05, 3.63) is 0 Å². The van der Waals surface area contributed by atoms with E-state index in [2.05, 4.69) is 5.32 Å². The van der Waals surface area contributed by atoms with Crippen LogP contribution in [0.5, 0.6) is 0 Å². The molecule has 2 atom stereocenters. The Morgan fingerprint density at radius 1 is 1.06 bits per heavy atom. The van der Waals surface area contributed by atoms with Gasteiger partial charge in [0.25, 0.3) is 0 Å². The van der Waals surface area contributed by atoms with E-state index in [1.807, 2.05) is 0 Å². The van der Waals surface area contributed by atoms with Crippen molar-refractivity contribution in [1.82, 2.24) is 5.32 Å². The standard InChI is InChI=1S/C10H16N2O6/c1-2-12-6(10(17)18)4-8(14)7(13)3-5(11)9(15)16/h5-6,12H,2-4,11H2,1H3,(H,15,16)(H,17,18). The summed E-state index contributed by atoms with van der Waals surface area (Å²) in [6.07, 6.45) is -1.15. The lowest BCUT2D eigenvalue weighted by Crippen LogP contribution is -2.41. The molecule has 0 spiro atoms. The Labute approximate surface area is 103 Å². The van der Waals surface area contributed by atoms with Crippen molar-refractivity contribution >= 4 is 23.5 Å². The van der Waals surface area contributed by atoms with Crippen LogP contribution in [-0.2, 0) is 19.2 Å². The second kappa shape index (κ2) is 7.51. The number of nitrogens with one attached hydrogen (secondary N) is 1. The smallest absolute Gasteiger partial charge is 0.321 e. The number of hydrogen-bond acceptors (Lipinski definition) is 6. The summed E-state index contributed by atoms with van der Waals surface area (Å²) in [6.45, 7) is 1.98. The molecular formula is C10H16N2O6. The van der Waals surface area contributed by atoms with Gasteiger partial charge in [-0.2, -0.15) is 0 Å². The van der Waals surface area contributed by atoms with Crippen molar-refractivity contribution < 1.29 is 29.4 Å². The lowest BCUT2D eigenvalue weighted by molar-refractivity contribution is -0.144. The lowest BCUT2D eigenvalue weighted by Gasteiger charge is -2.12. The number of carbonyl (C=O) groups excluding carboxylic acids is 2. The molecule has 0 amide bonds. The Bertz CT molecular complexity index is 354. The highest BCUT2D eigenvalue weighted by atomic mass is 16.4. The lowest BCUT2D eigenvalue weighted by atomic mass is 10.0. The third-order valence-electron chi connectivity index (χ3n) is 2.17. The van der Waals surface area contributed by atoms with Crippen LogP contribution in [0.15, 0.2) is 0 Å². The zero-order valence-corrected chi connectivity index (χ0v) is 9.88. The molecule has 0 radical (unpaired) electrons. The number of rotatable bonds is 9. The van der Waals surface area contributed by atoms with Crippen molar-refractivity contribution in [1.29, 1.82) is 0 Å². The van der Waals surface area contributed by atoms with Crippen molar-refractivity contribution in [2.75, 3.05) is 6.54 Å². The molecule has 0 aliphatic heterocycles. The second-order valence-electron chi connectivity index (χ2n) is 3.65. The third-order valence-corrected chi connectivity index (χ3v) is 2.17. The molecule has 0 fully saturated rings. The van der Waals surface area contributed by atoms with Gasteiger partial charge in [-0.15, -0.1) is 0 Å². The van der Waals surface area contributed by atoms with E-state index in [0.29, 0.717) is 6.54 Å². The average Bonchev–Trinajstić information content (AvgIpc) is 2.27. The van der Waals surface area contributed by atoms with Gasteiger partial charge in [-0.05, 0) is 6.54 Å². The van der Waals surface area contributed by atoms with Crippen LogP contribution in [-0.4, -0.2) is 52.3 Å². The number of aliphatic carboxylic acids is 2. The average molecular weight is 260 g/mol. The molecular weight excluding hydrogens is 244 g/mol. The van der Waals surface area contributed by atoms with E-state index < -0.39 is 48.4 Å². The Morgan fingerprint density at radius 2 is 1.56 bits per heavy atom. The summed E-state index contributed by atoms with van der Waals surface area (Å²) >= 11 is 0. The summed E-state index contributed by atoms with van der Waals surface area (Å²) < 4.78 is 0. The molecule has 8 heteroatoms. The minimum atomic E-state index is -1.45. The predicted octanol–water partition coefficient (Wildman–Crippen LogP) is -1.62. The monoisotopic (exact) mass is 260 g/mol. The fourth-order valence-corrected chi connectivity index (χ4v) is 1.19. The Hall–Kier alpha value is -1.80. The van der Waals surface area contributed by atoms with Crippen LogP contribution in [0.3, 0.4) is 0 Å². The van der Waals surface area contributed by atoms with Gasteiger partial charge in [-0.1, -0.05) is 6.92 Å². The van der Waals surface area contributed by atoms with Gasteiger partial charge in [0, 0.05) is 12.8 Å². The van der Waals surface area contributed by atoms with Crippen LogP contribution >= 0.6 is 0 Å². The molecule has 0 heterocycles. The van der Waals surface area contributed by atoms with Gasteiger partial charge in [-0.3, -0.25) is 19.2 Å². The number of Topliss-reactive ketones (excluding diaryl/α,β-unsaturated/α-hetero) is 2. The predicted molar refractivity (Wildman–Crippen MR) is 60.0 cm³/mol. The summed E-state index contributed by atoms with van der Waals surface area (Å²) in [5.41, 5.74) is 5.10. The number of carbonyl (C=O) groups is 4. The van der Waals surface area contributed by atoms with Gasteiger partial charge in [0.2, 0.25) is 11.6 Å². The fraction of sp³-hybridized carbons (Fsp3) is 0.600. The van der Waals surface area contributed by atoms with Crippen LogP contribution in [0.1, 0.15) is 19.8 Å². The first-order valence-corrected chi connectivity index (χ1v) is 5.30. The molecule has 102 valence electrons. The van der Waals surface area contributed by atoms with Crippen molar-refractivity contribution in [2.24, 2.45) is 5.73 Å². The molecule has 0 rings (SSSR count). The van der Waals surface area contributed by atoms with E-state index in [1.54, 1.807) is 6.92 Å². The van der Waals surface area contributed by atoms with Crippen molar-refractivity contribution in [3.8, 4) is 0 Å². The molecule has 0 aliphatic carbocycles. The number of nitrogens with two attached hydrogens (primary N) is 1. The van der Waals surface area contributed by atoms with Gasteiger partial charge >= 0.3 is 11.9 Å². The molecule has 0 saturated carbocycles. The topological polar surface area (TPSA) is 147 Å². The third kappa shape index (κ3) is 5.51. The maximum absolute atomic E-state index is 11.4. The molecule has 8 nitrogen and oxygen atoms in total. The second-order valence-corrected chi connectivity index (χ2v) is 3.65. The minimum absolute atomic E-state index is 0.326. The van der Waals surface area contributed by atoms with E-state index in [1.165, 1.54) is 0 Å². The normalized spacial score (nSPS) is 13.7. The quantitative estimate of drug-likeness (QED) is 0.361.